The predicted octanol–water partition coefficient (Wildman–Crippen LogP) is 3.01. The fourth-order valence-corrected chi connectivity index (χ4v) is 1.99. The first-order valence-electron chi connectivity index (χ1n) is 7.04. The molecule has 24 heavy (non-hydrogen) atoms. The fourth-order valence-electron chi connectivity index (χ4n) is 1.99. The summed E-state index contributed by atoms with van der Waals surface area (Å²) in [6.07, 6.45) is 7.98. The van der Waals surface area contributed by atoms with Gasteiger partial charge in [-0.2, -0.15) is 0 Å². The highest BCUT2D eigenvalue weighted by Crippen LogP contribution is 2.27. The van der Waals surface area contributed by atoms with Gasteiger partial charge in [-0.1, -0.05) is 18.1 Å². The lowest BCUT2D eigenvalue weighted by molar-refractivity contribution is 0.104. The highest BCUT2D eigenvalue weighted by atomic mass is 16.5. The zero-order valence-corrected chi connectivity index (χ0v) is 13.0. The first-order chi connectivity index (χ1) is 11.5. The second kappa shape index (κ2) is 7.75. The highest BCUT2D eigenvalue weighted by molar-refractivity contribution is 6.08. The van der Waals surface area contributed by atoms with Gasteiger partial charge in [0.05, 0.1) is 12.7 Å². The summed E-state index contributed by atoms with van der Waals surface area (Å²) in [7, 11) is 1.44. The molecule has 0 fully saturated rings. The average Bonchev–Trinajstić information content (AvgIpc) is 2.59. The van der Waals surface area contributed by atoms with Crippen LogP contribution < -0.4 is 9.47 Å². The standard InChI is InChI=1S/C19H16O5/c1-3-10-24-14-6-7-15(18(22)12-14)16(20)8-4-13-5-9-17(21)19(11-13)23-2/h1,4-9,11-12,21-22H,10H2,2H3/b8-4+. The van der Waals surface area contributed by atoms with Crippen molar-refractivity contribution in [3.8, 4) is 35.3 Å². The van der Waals surface area contributed by atoms with E-state index in [0.717, 1.165) is 0 Å². The molecule has 2 aromatic rings. The Morgan fingerprint density at radius 3 is 2.67 bits per heavy atom. The SMILES string of the molecule is C#CCOc1ccc(C(=O)/C=C/c2ccc(O)c(OC)c2)c(O)c1. The van der Waals surface area contributed by atoms with E-state index in [1.807, 2.05) is 0 Å². The van der Waals surface area contributed by atoms with Crippen molar-refractivity contribution in [2.24, 2.45) is 0 Å². The largest absolute Gasteiger partial charge is 0.507 e. The molecule has 0 bridgehead atoms. The highest BCUT2D eigenvalue weighted by Gasteiger charge is 2.10. The number of methoxy groups -OCH3 is 1. The van der Waals surface area contributed by atoms with Crippen molar-refractivity contribution in [1.82, 2.24) is 0 Å². The average molecular weight is 324 g/mol. The van der Waals surface area contributed by atoms with E-state index in [-0.39, 0.29) is 29.5 Å². The third-order valence-electron chi connectivity index (χ3n) is 3.19. The summed E-state index contributed by atoms with van der Waals surface area (Å²) in [5.74, 6) is 2.46. The fraction of sp³-hybridized carbons (Fsp3) is 0.105. The summed E-state index contributed by atoms with van der Waals surface area (Å²) in [4.78, 5) is 12.2. The van der Waals surface area contributed by atoms with Gasteiger partial charge < -0.3 is 19.7 Å². The lowest BCUT2D eigenvalue weighted by Gasteiger charge is -2.06. The molecule has 0 saturated carbocycles. The van der Waals surface area contributed by atoms with Crippen LogP contribution >= 0.6 is 0 Å². The van der Waals surface area contributed by atoms with Gasteiger partial charge in [0.15, 0.2) is 17.3 Å². The molecule has 122 valence electrons. The van der Waals surface area contributed by atoms with E-state index in [1.54, 1.807) is 24.3 Å². The van der Waals surface area contributed by atoms with Crippen molar-refractivity contribution >= 4 is 11.9 Å². The number of ether oxygens (including phenoxy) is 2. The monoisotopic (exact) mass is 324 g/mol. The molecule has 0 heterocycles. The topological polar surface area (TPSA) is 76.0 Å². The number of hydrogen-bond acceptors (Lipinski definition) is 5. The predicted molar refractivity (Wildman–Crippen MR) is 90.5 cm³/mol. The zero-order valence-electron chi connectivity index (χ0n) is 13.0. The minimum atomic E-state index is -0.372. The Kier molecular flexibility index (Phi) is 5.48. The Morgan fingerprint density at radius 2 is 2.00 bits per heavy atom. The lowest BCUT2D eigenvalue weighted by Crippen LogP contribution is -1.97. The molecule has 5 heteroatoms. The van der Waals surface area contributed by atoms with Crippen LogP contribution in [0.15, 0.2) is 42.5 Å². The molecule has 0 aliphatic carbocycles. The second-order valence-electron chi connectivity index (χ2n) is 4.80. The van der Waals surface area contributed by atoms with Crippen molar-refractivity contribution < 1.29 is 24.5 Å². The summed E-state index contributed by atoms with van der Waals surface area (Å²) in [5.41, 5.74) is 0.816. The van der Waals surface area contributed by atoms with Gasteiger partial charge in [-0.15, -0.1) is 6.42 Å². The molecule has 0 aliphatic rings. The Labute approximate surface area is 139 Å². The number of terminal acetylenes is 1. The number of phenols is 2. The van der Waals surface area contributed by atoms with Crippen molar-refractivity contribution in [2.75, 3.05) is 13.7 Å². The minimum Gasteiger partial charge on any atom is -0.507 e. The number of aromatic hydroxyl groups is 2. The molecule has 0 aromatic heterocycles. The van der Waals surface area contributed by atoms with Gasteiger partial charge in [0.2, 0.25) is 0 Å². The molecule has 0 saturated heterocycles. The Bertz CT molecular complexity index is 815. The van der Waals surface area contributed by atoms with E-state index in [9.17, 15) is 15.0 Å². The number of carbonyl (C=O) groups is 1. The maximum atomic E-state index is 12.2. The third kappa shape index (κ3) is 4.08. The molecule has 2 aromatic carbocycles. The quantitative estimate of drug-likeness (QED) is 0.485. The number of phenolic OH excluding ortho intramolecular Hbond substituents is 2. The molecule has 0 amide bonds. The zero-order chi connectivity index (χ0) is 17.5. The van der Waals surface area contributed by atoms with Gasteiger partial charge in [0.25, 0.3) is 0 Å². The summed E-state index contributed by atoms with van der Waals surface area (Å²) >= 11 is 0. The van der Waals surface area contributed by atoms with Gasteiger partial charge in [-0.25, -0.2) is 0 Å². The van der Waals surface area contributed by atoms with Crippen LogP contribution in [0, 0.1) is 12.3 Å². The smallest absolute Gasteiger partial charge is 0.189 e. The van der Waals surface area contributed by atoms with E-state index >= 15 is 0 Å². The number of hydrogen-bond donors (Lipinski definition) is 2. The first kappa shape index (κ1) is 17.0. The molecule has 0 radical (unpaired) electrons. The number of ketones is 1. The maximum Gasteiger partial charge on any atom is 0.189 e. The van der Waals surface area contributed by atoms with Crippen LogP contribution in [-0.2, 0) is 0 Å². The Balaban J connectivity index is 2.16. The maximum absolute atomic E-state index is 12.2. The van der Waals surface area contributed by atoms with Gasteiger partial charge in [0.1, 0.15) is 18.1 Å². The minimum absolute atomic E-state index is 0.0150. The normalized spacial score (nSPS) is 10.3. The van der Waals surface area contributed by atoms with Crippen molar-refractivity contribution in [2.45, 2.75) is 0 Å². The number of allylic oxidation sites excluding steroid dienone is 1. The first-order valence-corrected chi connectivity index (χ1v) is 7.04. The van der Waals surface area contributed by atoms with E-state index in [2.05, 4.69) is 5.92 Å². The molecule has 0 spiro atoms. The van der Waals surface area contributed by atoms with Crippen LogP contribution in [0.5, 0.6) is 23.0 Å². The van der Waals surface area contributed by atoms with Crippen LogP contribution in [0.3, 0.4) is 0 Å². The molecular formula is C19H16O5. The summed E-state index contributed by atoms with van der Waals surface area (Å²) < 4.78 is 10.2. The van der Waals surface area contributed by atoms with E-state index in [4.69, 9.17) is 15.9 Å². The molecule has 0 aliphatic heterocycles. The summed E-state index contributed by atoms with van der Waals surface area (Å²) in [6, 6.07) is 9.06. The number of carbonyl (C=O) groups excluding carboxylic acids is 1. The molecule has 0 atom stereocenters. The summed E-state index contributed by atoms with van der Waals surface area (Å²) in [6.45, 7) is 0.0787. The lowest BCUT2D eigenvalue weighted by atomic mass is 10.1. The van der Waals surface area contributed by atoms with Crippen molar-refractivity contribution in [3.63, 3.8) is 0 Å². The van der Waals surface area contributed by atoms with Gasteiger partial charge in [-0.3, -0.25) is 4.79 Å². The van der Waals surface area contributed by atoms with Gasteiger partial charge in [-0.05, 0) is 35.9 Å². The van der Waals surface area contributed by atoms with Gasteiger partial charge >= 0.3 is 0 Å². The van der Waals surface area contributed by atoms with Gasteiger partial charge in [0, 0.05) is 6.07 Å². The number of benzene rings is 2. The molecule has 5 nitrogen and oxygen atoms in total. The number of rotatable bonds is 6. The van der Waals surface area contributed by atoms with Crippen LogP contribution in [-0.4, -0.2) is 29.7 Å². The Hall–Kier alpha value is -3.39. The van der Waals surface area contributed by atoms with Crippen LogP contribution in [0.4, 0.5) is 0 Å². The summed E-state index contributed by atoms with van der Waals surface area (Å²) in [5, 5.41) is 19.5. The van der Waals surface area contributed by atoms with E-state index in [0.29, 0.717) is 17.1 Å². The molecule has 2 N–H and O–H groups in total. The second-order valence-corrected chi connectivity index (χ2v) is 4.80. The van der Waals surface area contributed by atoms with E-state index < -0.39 is 0 Å². The molecule has 2 rings (SSSR count). The van der Waals surface area contributed by atoms with Crippen molar-refractivity contribution in [3.05, 3.63) is 53.6 Å². The molecule has 0 unspecified atom stereocenters. The molecular weight excluding hydrogens is 308 g/mol. The van der Waals surface area contributed by atoms with Crippen LogP contribution in [0.1, 0.15) is 15.9 Å². The van der Waals surface area contributed by atoms with E-state index in [1.165, 1.54) is 31.4 Å². The van der Waals surface area contributed by atoms with Crippen LogP contribution in [0.2, 0.25) is 0 Å². The van der Waals surface area contributed by atoms with Crippen molar-refractivity contribution in [1.29, 1.82) is 0 Å². The third-order valence-corrected chi connectivity index (χ3v) is 3.19. The Morgan fingerprint density at radius 1 is 1.21 bits per heavy atom. The van der Waals surface area contributed by atoms with Crippen LogP contribution in [0.25, 0.3) is 6.08 Å².